The number of unbranched alkanes of at least 4 members (excludes halogenated alkanes) is 1. The van der Waals surface area contributed by atoms with Crippen LogP contribution in [0.2, 0.25) is 0 Å². The van der Waals surface area contributed by atoms with Gasteiger partial charge in [-0.1, -0.05) is 0 Å². The molecule has 172 valence electrons. The summed E-state index contributed by atoms with van der Waals surface area (Å²) in [5, 5.41) is 9.43. The summed E-state index contributed by atoms with van der Waals surface area (Å²) >= 11 is 0. The molecule has 0 rings (SSSR count). The van der Waals surface area contributed by atoms with E-state index in [0.717, 1.165) is 0 Å². The number of nitrogens with one attached hydrogen (secondary N) is 4. The predicted molar refractivity (Wildman–Crippen MR) is 109 cm³/mol. The van der Waals surface area contributed by atoms with E-state index in [9.17, 15) is 24.0 Å². The molecule has 0 aromatic heterocycles. The van der Waals surface area contributed by atoms with Crippen molar-refractivity contribution in [3.8, 4) is 0 Å². The van der Waals surface area contributed by atoms with E-state index in [-0.39, 0.29) is 6.54 Å². The molecule has 8 N–H and O–H groups in total. The zero-order valence-corrected chi connectivity index (χ0v) is 18.0. The molecule has 0 saturated heterocycles. The van der Waals surface area contributed by atoms with Crippen LogP contribution in [-0.2, 0) is 23.9 Å². The fourth-order valence-corrected chi connectivity index (χ4v) is 2.14. The summed E-state index contributed by atoms with van der Waals surface area (Å²) < 4.78 is 4.98. The second kappa shape index (κ2) is 13.4. The van der Waals surface area contributed by atoms with Gasteiger partial charge in [-0.15, -0.1) is 0 Å². The monoisotopic (exact) mass is 430 g/mol. The number of hydrogen-bond acceptors (Lipinski definition) is 7. The highest BCUT2D eigenvalue weighted by molar-refractivity contribution is 5.92. The number of hydrogen-bond donors (Lipinski definition) is 6. The van der Waals surface area contributed by atoms with Gasteiger partial charge in [-0.25, -0.2) is 4.79 Å². The van der Waals surface area contributed by atoms with Crippen molar-refractivity contribution in [2.24, 2.45) is 11.5 Å². The lowest BCUT2D eigenvalue weighted by Crippen LogP contribution is -2.53. The van der Waals surface area contributed by atoms with Crippen LogP contribution in [-0.4, -0.2) is 67.0 Å². The summed E-state index contributed by atoms with van der Waals surface area (Å²) in [6.07, 6.45) is 0.894. The molecule has 0 aliphatic heterocycles. The Bertz CT molecular complexity index is 619. The minimum atomic E-state index is -0.953. The largest absolute Gasteiger partial charge is 0.444 e. The summed E-state index contributed by atoms with van der Waals surface area (Å²) in [7, 11) is 0. The summed E-state index contributed by atoms with van der Waals surface area (Å²) in [4.78, 5) is 58.6. The third kappa shape index (κ3) is 13.3. The van der Waals surface area contributed by atoms with Crippen molar-refractivity contribution in [3.05, 3.63) is 0 Å². The van der Waals surface area contributed by atoms with E-state index in [1.807, 2.05) is 0 Å². The number of amides is 5. The Morgan fingerprint density at radius 3 is 2.07 bits per heavy atom. The number of nitrogens with two attached hydrogens (primary N) is 2. The number of primary amides is 1. The lowest BCUT2D eigenvalue weighted by atomic mass is 10.1. The van der Waals surface area contributed by atoms with Gasteiger partial charge in [0.25, 0.3) is 0 Å². The Morgan fingerprint density at radius 1 is 0.933 bits per heavy atom. The number of carbonyl (C=O) groups excluding carboxylic acids is 5. The van der Waals surface area contributed by atoms with Gasteiger partial charge in [-0.05, 0) is 53.5 Å². The minimum Gasteiger partial charge on any atom is -0.444 e. The van der Waals surface area contributed by atoms with Crippen LogP contribution in [0.3, 0.4) is 0 Å². The molecule has 0 fully saturated rings. The molecule has 0 heterocycles. The highest BCUT2D eigenvalue weighted by Crippen LogP contribution is 2.06. The smallest absolute Gasteiger partial charge is 0.408 e. The topological polar surface area (TPSA) is 195 Å². The Balaban J connectivity index is 4.30. The van der Waals surface area contributed by atoms with Crippen molar-refractivity contribution in [1.29, 1.82) is 0 Å². The van der Waals surface area contributed by atoms with Gasteiger partial charge in [0.2, 0.25) is 23.6 Å². The molecule has 0 spiro atoms. The second-order valence-electron chi connectivity index (χ2n) is 7.67. The molecule has 0 aromatic carbocycles. The maximum Gasteiger partial charge on any atom is 0.408 e. The van der Waals surface area contributed by atoms with Crippen LogP contribution in [0.5, 0.6) is 0 Å². The SMILES string of the molecule is C[C@H](NC(=O)CNC(=O)CNC(=O)OC(C)(C)C)C(=O)N[C@@H](CCCCN)C(N)=O. The number of ether oxygens (including phenoxy) is 1. The molecule has 0 radical (unpaired) electrons. The van der Waals surface area contributed by atoms with Gasteiger partial charge in [-0.3, -0.25) is 19.2 Å². The van der Waals surface area contributed by atoms with Gasteiger partial charge >= 0.3 is 6.09 Å². The average molecular weight is 431 g/mol. The first-order chi connectivity index (χ1) is 13.9. The van der Waals surface area contributed by atoms with E-state index in [1.165, 1.54) is 6.92 Å². The zero-order valence-electron chi connectivity index (χ0n) is 18.0. The summed E-state index contributed by atoms with van der Waals surface area (Å²) in [5.41, 5.74) is 9.97. The van der Waals surface area contributed by atoms with Gasteiger partial charge in [0.1, 0.15) is 24.2 Å². The molecule has 30 heavy (non-hydrogen) atoms. The van der Waals surface area contributed by atoms with Crippen LogP contribution in [0.25, 0.3) is 0 Å². The van der Waals surface area contributed by atoms with Crippen LogP contribution < -0.4 is 32.7 Å². The van der Waals surface area contributed by atoms with E-state index in [4.69, 9.17) is 16.2 Å². The standard InChI is InChI=1S/C18H34N6O6/c1-11(16(28)24-12(15(20)27)7-5-6-8-19)23-14(26)10-21-13(25)9-22-17(29)30-18(2,3)4/h11-12H,5-10,19H2,1-4H3,(H2,20,27)(H,21,25)(H,22,29)(H,23,26)(H,24,28)/t11-,12-/m0/s1. The van der Waals surface area contributed by atoms with Crippen LogP contribution in [0.15, 0.2) is 0 Å². The van der Waals surface area contributed by atoms with E-state index in [2.05, 4.69) is 21.3 Å². The summed E-state index contributed by atoms with van der Waals surface area (Å²) in [6.45, 7) is 6.16. The van der Waals surface area contributed by atoms with Crippen molar-refractivity contribution in [3.63, 3.8) is 0 Å². The van der Waals surface area contributed by atoms with Crippen molar-refractivity contribution < 1.29 is 28.7 Å². The van der Waals surface area contributed by atoms with Gasteiger partial charge < -0.3 is 37.5 Å². The van der Waals surface area contributed by atoms with Crippen molar-refractivity contribution in [1.82, 2.24) is 21.3 Å². The molecule has 0 aliphatic rings. The first-order valence-corrected chi connectivity index (χ1v) is 9.68. The fourth-order valence-electron chi connectivity index (χ4n) is 2.14. The Labute approximate surface area is 176 Å². The average Bonchev–Trinajstić information content (AvgIpc) is 2.62. The van der Waals surface area contributed by atoms with E-state index in [0.29, 0.717) is 25.8 Å². The Kier molecular flexibility index (Phi) is 12.1. The molecule has 0 aliphatic carbocycles. The molecule has 2 atom stereocenters. The zero-order chi connectivity index (χ0) is 23.3. The van der Waals surface area contributed by atoms with Crippen molar-refractivity contribution >= 4 is 29.7 Å². The van der Waals surface area contributed by atoms with E-state index in [1.54, 1.807) is 20.8 Å². The second-order valence-corrected chi connectivity index (χ2v) is 7.67. The van der Waals surface area contributed by atoms with Crippen molar-refractivity contribution in [2.45, 2.75) is 64.6 Å². The van der Waals surface area contributed by atoms with Crippen LogP contribution in [0.4, 0.5) is 4.79 Å². The lowest BCUT2D eigenvalue weighted by molar-refractivity contribution is -0.131. The van der Waals surface area contributed by atoms with Gasteiger partial charge in [0, 0.05) is 0 Å². The van der Waals surface area contributed by atoms with Gasteiger partial charge in [0.05, 0.1) is 6.54 Å². The Hall–Kier alpha value is -2.89. The first-order valence-electron chi connectivity index (χ1n) is 9.68. The van der Waals surface area contributed by atoms with Crippen LogP contribution >= 0.6 is 0 Å². The summed E-state index contributed by atoms with van der Waals surface area (Å²) in [6, 6.07) is -1.81. The van der Waals surface area contributed by atoms with Gasteiger partial charge in [-0.2, -0.15) is 0 Å². The normalized spacial score (nSPS) is 12.8. The highest BCUT2D eigenvalue weighted by Gasteiger charge is 2.22. The van der Waals surface area contributed by atoms with Gasteiger partial charge in [0.15, 0.2) is 0 Å². The summed E-state index contributed by atoms with van der Waals surface area (Å²) in [5.74, 6) is -2.50. The van der Waals surface area contributed by atoms with Crippen LogP contribution in [0.1, 0.15) is 47.0 Å². The van der Waals surface area contributed by atoms with E-state index < -0.39 is 54.0 Å². The molecular weight excluding hydrogens is 396 g/mol. The van der Waals surface area contributed by atoms with Crippen LogP contribution in [0, 0.1) is 0 Å². The molecule has 0 aromatic rings. The van der Waals surface area contributed by atoms with Crippen molar-refractivity contribution in [2.75, 3.05) is 19.6 Å². The number of rotatable bonds is 12. The maximum atomic E-state index is 12.1. The highest BCUT2D eigenvalue weighted by atomic mass is 16.6. The minimum absolute atomic E-state index is 0.347. The third-order valence-electron chi connectivity index (χ3n) is 3.62. The predicted octanol–water partition coefficient (Wildman–Crippen LogP) is -1.77. The molecule has 5 amide bonds. The Morgan fingerprint density at radius 2 is 1.53 bits per heavy atom. The fraction of sp³-hybridized carbons (Fsp3) is 0.722. The molecular formula is C18H34N6O6. The number of carbonyl (C=O) groups is 5. The quantitative estimate of drug-likeness (QED) is 0.197. The third-order valence-corrected chi connectivity index (χ3v) is 3.62. The molecule has 0 saturated carbocycles. The van der Waals surface area contributed by atoms with E-state index >= 15 is 0 Å². The molecule has 12 heteroatoms. The number of alkyl carbamates (subject to hydrolysis) is 1. The molecule has 0 bridgehead atoms. The first kappa shape index (κ1) is 27.1. The lowest BCUT2D eigenvalue weighted by Gasteiger charge is -2.20. The molecule has 0 unspecified atom stereocenters. The maximum absolute atomic E-state index is 12.1. The molecule has 12 nitrogen and oxygen atoms in total.